The first kappa shape index (κ1) is 20.1. The highest BCUT2D eigenvalue weighted by Crippen LogP contribution is 2.34. The highest BCUT2D eigenvalue weighted by Gasteiger charge is 2.21. The van der Waals surface area contributed by atoms with E-state index < -0.39 is 23.0 Å². The molecule has 4 aromatic rings. The minimum Gasteiger partial charge on any atom is -0.294 e. The molecule has 3 heterocycles. The molecular formula is C26H19F2N3O. The number of benzene rings is 1. The van der Waals surface area contributed by atoms with Gasteiger partial charge in [-0.3, -0.25) is 19.7 Å². The van der Waals surface area contributed by atoms with Gasteiger partial charge >= 0.3 is 0 Å². The Bertz CT molecular complexity index is 1300. The topological polar surface area (TPSA) is 55.7 Å². The second kappa shape index (κ2) is 8.38. The summed E-state index contributed by atoms with van der Waals surface area (Å²) in [5, 5.41) is 0. The molecule has 1 aromatic carbocycles. The maximum Gasteiger partial charge on any atom is 0.173 e. The Morgan fingerprint density at radius 3 is 2.47 bits per heavy atom. The van der Waals surface area contributed by atoms with Crippen molar-refractivity contribution in [1.29, 1.82) is 0 Å². The maximum atomic E-state index is 13.9. The number of ketones is 1. The Morgan fingerprint density at radius 1 is 0.875 bits per heavy atom. The van der Waals surface area contributed by atoms with Gasteiger partial charge in [0.25, 0.3) is 0 Å². The van der Waals surface area contributed by atoms with Crippen molar-refractivity contribution in [2.75, 3.05) is 0 Å². The number of pyridine rings is 3. The maximum absolute atomic E-state index is 13.9. The lowest BCUT2D eigenvalue weighted by Gasteiger charge is -2.12. The molecule has 32 heavy (non-hydrogen) atoms. The molecule has 0 fully saturated rings. The minimum absolute atomic E-state index is 0.124. The van der Waals surface area contributed by atoms with E-state index in [9.17, 15) is 13.6 Å². The van der Waals surface area contributed by atoms with Crippen molar-refractivity contribution < 1.29 is 13.6 Å². The number of Topliss-reactive ketones (excluding diaryl/α,β-unsaturated/α-hetero) is 1. The van der Waals surface area contributed by atoms with Crippen molar-refractivity contribution in [2.45, 2.75) is 25.7 Å². The van der Waals surface area contributed by atoms with Gasteiger partial charge in [0, 0.05) is 36.1 Å². The molecule has 0 bridgehead atoms. The fraction of sp³-hybridized carbons (Fsp3) is 0.154. The molecule has 0 spiro atoms. The SMILES string of the molecule is O=C(Cc1cnc2c(c1)CCCc1ccc(-c3cccnc3)cc1-2)c1c(F)cncc1F. The monoisotopic (exact) mass is 427 g/mol. The van der Waals surface area contributed by atoms with Crippen LogP contribution in [0.4, 0.5) is 8.78 Å². The summed E-state index contributed by atoms with van der Waals surface area (Å²) in [5.74, 6) is -2.53. The molecule has 0 atom stereocenters. The molecule has 1 aliphatic rings. The molecule has 0 unspecified atom stereocenters. The van der Waals surface area contributed by atoms with E-state index in [4.69, 9.17) is 0 Å². The molecule has 4 nitrogen and oxygen atoms in total. The van der Waals surface area contributed by atoms with Crippen LogP contribution in [0.5, 0.6) is 0 Å². The zero-order valence-corrected chi connectivity index (χ0v) is 17.2. The van der Waals surface area contributed by atoms with Crippen LogP contribution in [-0.2, 0) is 19.3 Å². The molecule has 0 amide bonds. The van der Waals surface area contributed by atoms with Crippen molar-refractivity contribution in [3.63, 3.8) is 0 Å². The van der Waals surface area contributed by atoms with Gasteiger partial charge in [0.2, 0.25) is 0 Å². The van der Waals surface area contributed by atoms with Crippen molar-refractivity contribution in [2.24, 2.45) is 0 Å². The summed E-state index contributed by atoms with van der Waals surface area (Å²) in [5.41, 5.74) is 6.40. The Balaban J connectivity index is 1.50. The lowest BCUT2D eigenvalue weighted by atomic mass is 9.95. The Labute approximate surface area is 184 Å². The number of halogens is 2. The first-order valence-corrected chi connectivity index (χ1v) is 10.4. The predicted octanol–water partition coefficient (Wildman–Crippen LogP) is 5.40. The fourth-order valence-corrected chi connectivity index (χ4v) is 4.24. The molecule has 158 valence electrons. The van der Waals surface area contributed by atoms with Crippen LogP contribution in [-0.4, -0.2) is 20.7 Å². The predicted molar refractivity (Wildman–Crippen MR) is 117 cm³/mol. The summed E-state index contributed by atoms with van der Waals surface area (Å²) in [6, 6.07) is 12.2. The third-order valence-corrected chi connectivity index (χ3v) is 5.77. The molecule has 0 saturated carbocycles. The molecule has 0 radical (unpaired) electrons. The van der Waals surface area contributed by atoms with Crippen LogP contribution in [0.3, 0.4) is 0 Å². The first-order valence-electron chi connectivity index (χ1n) is 10.4. The largest absolute Gasteiger partial charge is 0.294 e. The second-order valence-corrected chi connectivity index (χ2v) is 7.90. The molecule has 3 aromatic heterocycles. The van der Waals surface area contributed by atoms with Gasteiger partial charge in [0.05, 0.1) is 23.7 Å². The fourth-order valence-electron chi connectivity index (χ4n) is 4.24. The Hall–Kier alpha value is -3.80. The third-order valence-electron chi connectivity index (χ3n) is 5.77. The third kappa shape index (κ3) is 3.80. The average molecular weight is 427 g/mol. The summed E-state index contributed by atoms with van der Waals surface area (Å²) in [6.07, 6.45) is 9.49. The van der Waals surface area contributed by atoms with E-state index in [2.05, 4.69) is 33.2 Å². The zero-order chi connectivity index (χ0) is 22.1. The van der Waals surface area contributed by atoms with Crippen molar-refractivity contribution in [1.82, 2.24) is 15.0 Å². The molecule has 5 rings (SSSR count). The quantitative estimate of drug-likeness (QED) is 0.409. The normalized spacial score (nSPS) is 12.6. The summed E-state index contributed by atoms with van der Waals surface area (Å²) >= 11 is 0. The number of hydrogen-bond donors (Lipinski definition) is 0. The van der Waals surface area contributed by atoms with Gasteiger partial charge in [-0.05, 0) is 53.6 Å². The summed E-state index contributed by atoms with van der Waals surface area (Å²) < 4.78 is 27.9. The highest BCUT2D eigenvalue weighted by molar-refractivity contribution is 5.98. The number of rotatable bonds is 4. The van der Waals surface area contributed by atoms with Gasteiger partial charge in [-0.15, -0.1) is 0 Å². The van der Waals surface area contributed by atoms with Crippen LogP contribution in [0, 0.1) is 11.6 Å². The summed E-state index contributed by atoms with van der Waals surface area (Å²) in [4.78, 5) is 24.9. The van der Waals surface area contributed by atoms with E-state index in [1.807, 2.05) is 24.4 Å². The number of fused-ring (bicyclic) bond motifs is 3. The Morgan fingerprint density at radius 2 is 1.69 bits per heavy atom. The van der Waals surface area contributed by atoms with Gasteiger partial charge in [0.1, 0.15) is 0 Å². The van der Waals surface area contributed by atoms with Crippen LogP contribution >= 0.6 is 0 Å². The number of carbonyl (C=O) groups excluding carboxylic acids is 1. The van der Waals surface area contributed by atoms with Gasteiger partial charge in [-0.2, -0.15) is 0 Å². The van der Waals surface area contributed by atoms with E-state index >= 15 is 0 Å². The van der Waals surface area contributed by atoms with Gasteiger partial charge < -0.3 is 0 Å². The van der Waals surface area contributed by atoms with Crippen LogP contribution in [0.15, 0.2) is 67.4 Å². The lowest BCUT2D eigenvalue weighted by molar-refractivity contribution is 0.0984. The van der Waals surface area contributed by atoms with Crippen LogP contribution in [0.2, 0.25) is 0 Å². The Kier molecular flexibility index (Phi) is 5.27. The van der Waals surface area contributed by atoms with Crippen LogP contribution < -0.4 is 0 Å². The molecule has 0 saturated heterocycles. The molecular weight excluding hydrogens is 408 g/mol. The van der Waals surface area contributed by atoms with Crippen molar-refractivity contribution >= 4 is 5.78 Å². The standard InChI is InChI=1S/C26H19F2N3O/c27-22-14-30-15-23(28)25(22)24(32)10-16-9-19-4-1-3-17-6-7-18(20-5-2-8-29-13-20)11-21(17)26(19)31-12-16/h2,5-9,11-15H,1,3-4,10H2. The molecule has 0 N–H and O–H groups in total. The minimum atomic E-state index is -0.949. The molecule has 0 aliphatic heterocycles. The smallest absolute Gasteiger partial charge is 0.173 e. The van der Waals surface area contributed by atoms with Crippen LogP contribution in [0.25, 0.3) is 22.4 Å². The van der Waals surface area contributed by atoms with Gasteiger partial charge in [0.15, 0.2) is 17.4 Å². The first-order chi connectivity index (χ1) is 15.6. The van der Waals surface area contributed by atoms with Gasteiger partial charge in [-0.25, -0.2) is 8.78 Å². The zero-order valence-electron chi connectivity index (χ0n) is 17.2. The van der Waals surface area contributed by atoms with E-state index in [0.717, 1.165) is 59.6 Å². The molecule has 1 aliphatic carbocycles. The number of aromatic nitrogens is 3. The average Bonchev–Trinajstić information content (AvgIpc) is 2.98. The van der Waals surface area contributed by atoms with E-state index in [1.54, 1.807) is 12.4 Å². The van der Waals surface area contributed by atoms with Gasteiger partial charge in [-0.1, -0.05) is 24.3 Å². The van der Waals surface area contributed by atoms with E-state index in [1.165, 1.54) is 5.56 Å². The summed E-state index contributed by atoms with van der Waals surface area (Å²) in [6.45, 7) is 0. The number of nitrogens with zero attached hydrogens (tertiary/aromatic N) is 3. The number of hydrogen-bond acceptors (Lipinski definition) is 4. The molecule has 6 heteroatoms. The van der Waals surface area contributed by atoms with Crippen molar-refractivity contribution in [3.05, 3.63) is 101 Å². The van der Waals surface area contributed by atoms with Crippen molar-refractivity contribution in [3.8, 4) is 22.4 Å². The van der Waals surface area contributed by atoms with E-state index in [0.29, 0.717) is 5.56 Å². The summed E-state index contributed by atoms with van der Waals surface area (Å²) in [7, 11) is 0. The number of carbonyl (C=O) groups is 1. The lowest BCUT2D eigenvalue weighted by Crippen LogP contribution is -2.10. The number of aryl methyl sites for hydroxylation is 2. The van der Waals surface area contributed by atoms with Crippen LogP contribution in [0.1, 0.15) is 33.5 Å². The second-order valence-electron chi connectivity index (χ2n) is 7.90. The highest BCUT2D eigenvalue weighted by atomic mass is 19.1. The van der Waals surface area contributed by atoms with E-state index in [-0.39, 0.29) is 6.42 Å².